The molecule has 0 bridgehead atoms. The van der Waals surface area contributed by atoms with Crippen LogP contribution < -0.4 is 5.32 Å². The van der Waals surface area contributed by atoms with Crippen LogP contribution in [0.5, 0.6) is 0 Å². The number of thiophene rings is 1. The van der Waals surface area contributed by atoms with Gasteiger partial charge in [-0.05, 0) is 50.5 Å². The molecule has 2 heterocycles. The van der Waals surface area contributed by atoms with Gasteiger partial charge in [-0.3, -0.25) is 9.59 Å². The summed E-state index contributed by atoms with van der Waals surface area (Å²) in [6, 6.07) is 5.63. The molecule has 0 saturated heterocycles. The average Bonchev–Trinajstić information content (AvgIpc) is 3.29. The minimum atomic E-state index is -0.0782. The maximum Gasteiger partial charge on any atom is 0.264 e. The Morgan fingerprint density at radius 3 is 2.73 bits per heavy atom. The van der Waals surface area contributed by atoms with Crippen LogP contribution in [0.1, 0.15) is 39.6 Å². The third-order valence-corrected chi connectivity index (χ3v) is 5.44. The highest BCUT2D eigenvalue weighted by atomic mass is 32.1. The third kappa shape index (κ3) is 4.53. The number of furan rings is 1. The Morgan fingerprint density at radius 1 is 1.35 bits per heavy atom. The number of carbonyl (C=O) groups is 2. The number of rotatable bonds is 8. The highest BCUT2D eigenvalue weighted by Gasteiger charge is 2.30. The molecule has 140 valence electrons. The summed E-state index contributed by atoms with van der Waals surface area (Å²) in [5.41, 5.74) is 0.865. The summed E-state index contributed by atoms with van der Waals surface area (Å²) in [5.74, 6) is 1.66. The molecule has 26 heavy (non-hydrogen) atoms. The number of aryl methyl sites for hydroxylation is 2. The molecule has 2 aromatic rings. The van der Waals surface area contributed by atoms with Crippen molar-refractivity contribution in [3.8, 4) is 0 Å². The minimum Gasteiger partial charge on any atom is -0.464 e. The maximum atomic E-state index is 13.1. The molecule has 0 radical (unpaired) electrons. The lowest BCUT2D eigenvalue weighted by molar-refractivity contribution is -0.117. The highest BCUT2D eigenvalue weighted by molar-refractivity contribution is 7.18. The van der Waals surface area contributed by atoms with Gasteiger partial charge in [0, 0.05) is 19.6 Å². The molecule has 1 aliphatic carbocycles. The van der Waals surface area contributed by atoms with Crippen molar-refractivity contribution in [3.05, 3.63) is 40.2 Å². The Bertz CT molecular complexity index is 791. The number of hydrogen-bond donors (Lipinski definition) is 1. The molecule has 1 saturated carbocycles. The standard InChI is InChI=1S/C19H24N2O4S/c1-12-10-16(20-18(22)14-5-6-14)26-17(12)19(23)21(8-9-24-3)11-15-7-4-13(2)25-15/h4,7,10,14H,5-6,8-9,11H2,1-3H3,(H,20,22). The molecular weight excluding hydrogens is 352 g/mol. The fourth-order valence-corrected chi connectivity index (χ4v) is 3.72. The summed E-state index contributed by atoms with van der Waals surface area (Å²) in [6.45, 7) is 5.07. The lowest BCUT2D eigenvalue weighted by atomic mass is 10.2. The van der Waals surface area contributed by atoms with Crippen LogP contribution in [0.15, 0.2) is 22.6 Å². The second-order valence-corrected chi connectivity index (χ2v) is 7.67. The normalized spacial score (nSPS) is 13.7. The predicted molar refractivity (Wildman–Crippen MR) is 100 cm³/mol. The predicted octanol–water partition coefficient (Wildman–Crippen LogP) is 3.60. The fraction of sp³-hybridized carbons (Fsp3) is 0.474. The van der Waals surface area contributed by atoms with Gasteiger partial charge in [0.1, 0.15) is 11.5 Å². The number of ether oxygens (including phenoxy) is 1. The summed E-state index contributed by atoms with van der Waals surface area (Å²) >= 11 is 1.32. The SMILES string of the molecule is COCCN(Cc1ccc(C)o1)C(=O)c1sc(NC(=O)C2CC2)cc1C. The van der Waals surface area contributed by atoms with E-state index in [-0.39, 0.29) is 17.7 Å². The van der Waals surface area contributed by atoms with Gasteiger partial charge in [-0.15, -0.1) is 11.3 Å². The Morgan fingerprint density at radius 2 is 2.12 bits per heavy atom. The Balaban J connectivity index is 1.74. The lowest BCUT2D eigenvalue weighted by Gasteiger charge is -2.21. The lowest BCUT2D eigenvalue weighted by Crippen LogP contribution is -2.33. The van der Waals surface area contributed by atoms with E-state index in [2.05, 4.69) is 5.32 Å². The van der Waals surface area contributed by atoms with E-state index in [0.717, 1.165) is 34.9 Å². The summed E-state index contributed by atoms with van der Waals surface area (Å²) in [6.07, 6.45) is 1.91. The van der Waals surface area contributed by atoms with E-state index in [4.69, 9.17) is 9.15 Å². The number of amides is 2. The van der Waals surface area contributed by atoms with E-state index in [9.17, 15) is 9.59 Å². The summed E-state index contributed by atoms with van der Waals surface area (Å²) in [4.78, 5) is 27.4. The van der Waals surface area contributed by atoms with E-state index in [0.29, 0.717) is 24.6 Å². The first kappa shape index (κ1) is 18.7. The van der Waals surface area contributed by atoms with Crippen LogP contribution in [0.2, 0.25) is 0 Å². The first-order chi connectivity index (χ1) is 12.5. The molecule has 0 aliphatic heterocycles. The van der Waals surface area contributed by atoms with E-state index in [1.807, 2.05) is 32.0 Å². The van der Waals surface area contributed by atoms with Gasteiger partial charge in [0.15, 0.2) is 0 Å². The molecule has 1 N–H and O–H groups in total. The first-order valence-corrected chi connectivity index (χ1v) is 9.54. The van der Waals surface area contributed by atoms with Crippen LogP contribution in [-0.2, 0) is 16.1 Å². The maximum absolute atomic E-state index is 13.1. The van der Waals surface area contributed by atoms with Crippen LogP contribution in [-0.4, -0.2) is 37.0 Å². The van der Waals surface area contributed by atoms with E-state index >= 15 is 0 Å². The Kier molecular flexibility index (Phi) is 5.78. The average molecular weight is 376 g/mol. The summed E-state index contributed by atoms with van der Waals surface area (Å²) in [5, 5.41) is 3.65. The number of nitrogens with one attached hydrogen (secondary N) is 1. The van der Waals surface area contributed by atoms with Gasteiger partial charge in [-0.1, -0.05) is 0 Å². The first-order valence-electron chi connectivity index (χ1n) is 8.72. The van der Waals surface area contributed by atoms with Gasteiger partial charge in [-0.25, -0.2) is 0 Å². The molecule has 3 rings (SSSR count). The molecule has 7 heteroatoms. The third-order valence-electron chi connectivity index (χ3n) is 4.30. The molecule has 1 aliphatic rings. The summed E-state index contributed by atoms with van der Waals surface area (Å²) < 4.78 is 10.8. The molecule has 0 unspecified atom stereocenters. The largest absolute Gasteiger partial charge is 0.464 e. The minimum absolute atomic E-state index is 0.0487. The topological polar surface area (TPSA) is 71.8 Å². The number of methoxy groups -OCH3 is 1. The van der Waals surface area contributed by atoms with Gasteiger partial charge in [0.2, 0.25) is 5.91 Å². The van der Waals surface area contributed by atoms with Crippen molar-refractivity contribution in [1.82, 2.24) is 4.90 Å². The van der Waals surface area contributed by atoms with Gasteiger partial charge in [-0.2, -0.15) is 0 Å². The van der Waals surface area contributed by atoms with Crippen LogP contribution in [0.3, 0.4) is 0 Å². The van der Waals surface area contributed by atoms with Crippen molar-refractivity contribution >= 4 is 28.2 Å². The molecule has 0 aromatic carbocycles. The number of hydrogen-bond acceptors (Lipinski definition) is 5. The number of carbonyl (C=O) groups excluding carboxylic acids is 2. The zero-order chi connectivity index (χ0) is 18.7. The Labute approximate surface area is 157 Å². The van der Waals surface area contributed by atoms with Gasteiger partial charge < -0.3 is 19.4 Å². The van der Waals surface area contributed by atoms with Crippen molar-refractivity contribution in [3.63, 3.8) is 0 Å². The van der Waals surface area contributed by atoms with Crippen molar-refractivity contribution in [2.45, 2.75) is 33.2 Å². The smallest absolute Gasteiger partial charge is 0.264 e. The van der Waals surface area contributed by atoms with Gasteiger partial charge >= 0.3 is 0 Å². The quantitative estimate of drug-likeness (QED) is 0.764. The van der Waals surface area contributed by atoms with Crippen molar-refractivity contribution in [2.75, 3.05) is 25.6 Å². The summed E-state index contributed by atoms with van der Waals surface area (Å²) in [7, 11) is 1.61. The zero-order valence-corrected chi connectivity index (χ0v) is 16.1. The van der Waals surface area contributed by atoms with Crippen LogP contribution in [0, 0.1) is 19.8 Å². The van der Waals surface area contributed by atoms with Crippen LogP contribution in [0.4, 0.5) is 5.00 Å². The van der Waals surface area contributed by atoms with Crippen LogP contribution >= 0.6 is 11.3 Å². The second-order valence-electron chi connectivity index (χ2n) is 6.62. The molecule has 0 atom stereocenters. The molecule has 2 amide bonds. The zero-order valence-electron chi connectivity index (χ0n) is 15.3. The molecular formula is C19H24N2O4S. The highest BCUT2D eigenvalue weighted by Crippen LogP contribution is 2.33. The number of anilines is 1. The van der Waals surface area contributed by atoms with Gasteiger partial charge in [0.05, 0.1) is 23.0 Å². The van der Waals surface area contributed by atoms with Crippen molar-refractivity contribution < 1.29 is 18.7 Å². The van der Waals surface area contributed by atoms with Crippen molar-refractivity contribution in [1.29, 1.82) is 0 Å². The molecule has 1 fully saturated rings. The van der Waals surface area contributed by atoms with E-state index < -0.39 is 0 Å². The Hall–Kier alpha value is -2.12. The molecule has 6 nitrogen and oxygen atoms in total. The monoisotopic (exact) mass is 376 g/mol. The molecule has 0 spiro atoms. The second kappa shape index (κ2) is 8.05. The van der Waals surface area contributed by atoms with E-state index in [1.54, 1.807) is 12.0 Å². The van der Waals surface area contributed by atoms with E-state index in [1.165, 1.54) is 11.3 Å². The van der Waals surface area contributed by atoms with Crippen LogP contribution in [0.25, 0.3) is 0 Å². The fourth-order valence-electron chi connectivity index (χ4n) is 2.68. The van der Waals surface area contributed by atoms with Crippen molar-refractivity contribution in [2.24, 2.45) is 5.92 Å². The van der Waals surface area contributed by atoms with Gasteiger partial charge in [0.25, 0.3) is 5.91 Å². The molecule has 2 aromatic heterocycles. The number of nitrogens with zero attached hydrogens (tertiary/aromatic N) is 1.